The summed E-state index contributed by atoms with van der Waals surface area (Å²) in [5.74, 6) is -0.543. The van der Waals surface area contributed by atoms with Gasteiger partial charge >= 0.3 is 0 Å². The number of methoxy groups -OCH3 is 1. The molecule has 1 heterocycles. The number of hydrogen-bond acceptors (Lipinski definition) is 6. The number of amides is 1. The smallest absolute Gasteiger partial charge is 0.295 e. The van der Waals surface area contributed by atoms with Crippen molar-refractivity contribution in [2.75, 3.05) is 39.9 Å². The van der Waals surface area contributed by atoms with E-state index in [1.54, 1.807) is 42.3 Å². The summed E-state index contributed by atoms with van der Waals surface area (Å²) >= 11 is 6.33. The number of aliphatic hydroxyl groups excluding tert-OH is 1. The van der Waals surface area contributed by atoms with Crippen LogP contribution in [0.15, 0.2) is 48.0 Å². The Balaban J connectivity index is 2.06. The monoisotopic (exact) mass is 500 g/mol. The van der Waals surface area contributed by atoms with Crippen molar-refractivity contribution < 1.29 is 24.2 Å². The quantitative estimate of drug-likeness (QED) is 0.268. The molecule has 1 atom stereocenters. The van der Waals surface area contributed by atoms with Gasteiger partial charge in [0.05, 0.1) is 30.4 Å². The largest absolute Gasteiger partial charge is 0.507 e. The van der Waals surface area contributed by atoms with Gasteiger partial charge in [0.1, 0.15) is 17.3 Å². The van der Waals surface area contributed by atoms with E-state index in [-0.39, 0.29) is 11.3 Å². The van der Waals surface area contributed by atoms with Gasteiger partial charge in [-0.05, 0) is 68.9 Å². The molecule has 2 aromatic rings. The van der Waals surface area contributed by atoms with Crippen LogP contribution in [-0.2, 0) is 9.59 Å². The molecule has 35 heavy (non-hydrogen) atoms. The second-order valence-electron chi connectivity index (χ2n) is 8.23. The van der Waals surface area contributed by atoms with Gasteiger partial charge in [0, 0.05) is 12.1 Å². The van der Waals surface area contributed by atoms with Crippen molar-refractivity contribution in [1.82, 2.24) is 9.80 Å². The minimum atomic E-state index is -0.743. The van der Waals surface area contributed by atoms with Crippen molar-refractivity contribution >= 4 is 29.1 Å². The lowest BCUT2D eigenvalue weighted by atomic mass is 9.95. The first-order valence-electron chi connectivity index (χ1n) is 11.9. The third-order valence-corrected chi connectivity index (χ3v) is 6.52. The normalized spacial score (nSPS) is 17.3. The van der Waals surface area contributed by atoms with Crippen molar-refractivity contribution in [3.8, 4) is 11.5 Å². The van der Waals surface area contributed by atoms with Gasteiger partial charge in [0.15, 0.2) is 0 Å². The second-order valence-corrected chi connectivity index (χ2v) is 8.63. The standard InChI is InChI=1S/C27H33ClN2O5/c1-5-29(6-2)14-9-15-30-24(18-10-8-11-20(16-18)34-4)23(26(32)27(30)33)25(31)19-12-13-22(35-7-3)21(28)17-19/h8,10-13,16-17,24,31H,5-7,9,14-15H2,1-4H3/t24-/m0/s1. The fraction of sp³-hybridized carbons (Fsp3) is 0.407. The highest BCUT2D eigenvalue weighted by atomic mass is 35.5. The second kappa shape index (κ2) is 12.1. The summed E-state index contributed by atoms with van der Waals surface area (Å²) in [6.07, 6.45) is 0.699. The molecule has 0 unspecified atom stereocenters. The fourth-order valence-corrected chi connectivity index (χ4v) is 4.58. The van der Waals surface area contributed by atoms with E-state index < -0.39 is 17.7 Å². The molecular weight excluding hydrogens is 468 g/mol. The predicted octanol–water partition coefficient (Wildman–Crippen LogP) is 4.90. The molecule has 2 aromatic carbocycles. The average Bonchev–Trinajstić information content (AvgIpc) is 3.12. The van der Waals surface area contributed by atoms with Gasteiger partial charge < -0.3 is 24.4 Å². The molecule has 1 N–H and O–H groups in total. The van der Waals surface area contributed by atoms with E-state index in [0.29, 0.717) is 47.2 Å². The number of carbonyl (C=O) groups excluding carboxylic acids is 2. The number of ketones is 1. The van der Waals surface area contributed by atoms with Gasteiger partial charge in [0.2, 0.25) is 0 Å². The lowest BCUT2D eigenvalue weighted by Gasteiger charge is -2.27. The molecule has 0 spiro atoms. The Bertz CT molecular complexity index is 1100. The summed E-state index contributed by atoms with van der Waals surface area (Å²) in [5, 5.41) is 11.6. The van der Waals surface area contributed by atoms with Crippen molar-refractivity contribution in [3.05, 3.63) is 64.2 Å². The molecule has 8 heteroatoms. The van der Waals surface area contributed by atoms with Crippen LogP contribution in [0.3, 0.4) is 0 Å². The maximum absolute atomic E-state index is 13.2. The van der Waals surface area contributed by atoms with Gasteiger partial charge in [0.25, 0.3) is 11.7 Å². The summed E-state index contributed by atoms with van der Waals surface area (Å²) in [4.78, 5) is 30.2. The van der Waals surface area contributed by atoms with Crippen molar-refractivity contribution in [2.45, 2.75) is 33.2 Å². The average molecular weight is 501 g/mol. The van der Waals surface area contributed by atoms with Gasteiger partial charge in [-0.1, -0.05) is 37.6 Å². The Hall–Kier alpha value is -3.03. The molecule has 1 amide bonds. The van der Waals surface area contributed by atoms with Crippen LogP contribution in [0.1, 0.15) is 44.4 Å². The van der Waals surface area contributed by atoms with E-state index in [4.69, 9.17) is 21.1 Å². The number of rotatable bonds is 11. The minimum Gasteiger partial charge on any atom is -0.507 e. The number of nitrogens with zero attached hydrogens (tertiary/aromatic N) is 2. The molecule has 0 bridgehead atoms. The molecule has 7 nitrogen and oxygen atoms in total. The molecule has 0 saturated carbocycles. The highest BCUT2D eigenvalue weighted by Gasteiger charge is 2.46. The number of benzene rings is 2. The van der Waals surface area contributed by atoms with Crippen LogP contribution in [0.4, 0.5) is 0 Å². The van der Waals surface area contributed by atoms with E-state index >= 15 is 0 Å². The number of ether oxygens (including phenoxy) is 2. The number of aliphatic hydroxyl groups is 1. The zero-order chi connectivity index (χ0) is 25.5. The maximum atomic E-state index is 13.2. The molecule has 1 fully saturated rings. The van der Waals surface area contributed by atoms with Crippen molar-refractivity contribution in [3.63, 3.8) is 0 Å². The number of halogens is 1. The molecule has 1 aliphatic rings. The number of likely N-dealkylation sites (tertiary alicyclic amines) is 1. The minimum absolute atomic E-state index is 0.0336. The van der Waals surface area contributed by atoms with Crippen LogP contribution in [0, 0.1) is 0 Å². The van der Waals surface area contributed by atoms with Crippen LogP contribution >= 0.6 is 11.6 Å². The first-order valence-corrected chi connectivity index (χ1v) is 12.3. The van der Waals surface area contributed by atoms with Crippen LogP contribution < -0.4 is 9.47 Å². The molecule has 3 rings (SSSR count). The van der Waals surface area contributed by atoms with Crippen molar-refractivity contribution in [1.29, 1.82) is 0 Å². The van der Waals surface area contributed by atoms with Gasteiger partial charge in [-0.25, -0.2) is 0 Å². The van der Waals surface area contributed by atoms with Crippen LogP contribution in [-0.4, -0.2) is 66.5 Å². The molecule has 0 radical (unpaired) electrons. The summed E-state index contributed by atoms with van der Waals surface area (Å²) in [7, 11) is 1.56. The third kappa shape index (κ3) is 5.80. The molecule has 0 aromatic heterocycles. The lowest BCUT2D eigenvalue weighted by Crippen LogP contribution is -2.33. The summed E-state index contributed by atoms with van der Waals surface area (Å²) in [6, 6.07) is 11.3. The maximum Gasteiger partial charge on any atom is 0.295 e. The molecule has 1 saturated heterocycles. The van der Waals surface area contributed by atoms with Gasteiger partial charge in [-0.15, -0.1) is 0 Å². The third-order valence-electron chi connectivity index (χ3n) is 6.22. The van der Waals surface area contributed by atoms with E-state index in [1.807, 2.05) is 13.0 Å². The van der Waals surface area contributed by atoms with Gasteiger partial charge in [-0.2, -0.15) is 0 Å². The highest BCUT2D eigenvalue weighted by molar-refractivity contribution is 6.46. The predicted molar refractivity (Wildman–Crippen MR) is 137 cm³/mol. The number of carbonyl (C=O) groups is 2. The van der Waals surface area contributed by atoms with Crippen LogP contribution in [0.25, 0.3) is 5.76 Å². The molecular formula is C27H33ClN2O5. The lowest BCUT2D eigenvalue weighted by molar-refractivity contribution is -0.140. The van der Waals surface area contributed by atoms with Crippen LogP contribution in [0.5, 0.6) is 11.5 Å². The highest BCUT2D eigenvalue weighted by Crippen LogP contribution is 2.41. The topological polar surface area (TPSA) is 79.3 Å². The Morgan fingerprint density at radius 1 is 1.11 bits per heavy atom. The Morgan fingerprint density at radius 3 is 2.49 bits per heavy atom. The first kappa shape index (κ1) is 26.6. The Morgan fingerprint density at radius 2 is 1.86 bits per heavy atom. The zero-order valence-corrected chi connectivity index (χ0v) is 21.5. The summed E-state index contributed by atoms with van der Waals surface area (Å²) in [5.41, 5.74) is 1.06. The van der Waals surface area contributed by atoms with E-state index in [0.717, 1.165) is 19.6 Å². The molecule has 0 aliphatic carbocycles. The van der Waals surface area contributed by atoms with E-state index in [2.05, 4.69) is 18.7 Å². The zero-order valence-electron chi connectivity index (χ0n) is 20.7. The number of Topliss-reactive ketones (excluding diaryl/α,β-unsaturated/α-hetero) is 1. The van der Waals surface area contributed by atoms with Gasteiger partial charge in [-0.3, -0.25) is 9.59 Å². The van der Waals surface area contributed by atoms with Crippen molar-refractivity contribution in [2.24, 2.45) is 0 Å². The van der Waals surface area contributed by atoms with Crippen LogP contribution in [0.2, 0.25) is 5.02 Å². The van der Waals surface area contributed by atoms with E-state index in [9.17, 15) is 14.7 Å². The SMILES string of the molecule is CCOc1ccc(C(O)=C2C(=O)C(=O)N(CCCN(CC)CC)[C@H]2c2cccc(OC)c2)cc1Cl. The Labute approximate surface area is 211 Å². The summed E-state index contributed by atoms with van der Waals surface area (Å²) < 4.78 is 10.8. The Kier molecular flexibility index (Phi) is 9.18. The first-order chi connectivity index (χ1) is 16.9. The summed E-state index contributed by atoms with van der Waals surface area (Å²) in [6.45, 7) is 9.47. The molecule has 188 valence electrons. The number of hydrogen-bond donors (Lipinski definition) is 1. The fourth-order valence-electron chi connectivity index (χ4n) is 4.35. The van der Waals surface area contributed by atoms with E-state index in [1.165, 1.54) is 6.07 Å². The molecule has 1 aliphatic heterocycles.